The van der Waals surface area contributed by atoms with Gasteiger partial charge >= 0.3 is 6.18 Å². The van der Waals surface area contributed by atoms with Crippen LogP contribution in [0, 0.1) is 10.1 Å². The maximum absolute atomic E-state index is 13.8. The number of nitrogens with one attached hydrogen (secondary N) is 2. The molecule has 2 N–H and O–H groups in total. The van der Waals surface area contributed by atoms with E-state index in [0.29, 0.717) is 22.2 Å². The molecule has 0 radical (unpaired) electrons. The number of anilines is 1. The van der Waals surface area contributed by atoms with Crippen molar-refractivity contribution in [2.75, 3.05) is 5.32 Å². The molecule has 0 bridgehead atoms. The number of alkyl halides is 3. The predicted octanol–water partition coefficient (Wildman–Crippen LogP) is 6.40. The average Bonchev–Trinajstić information content (AvgIpc) is 3.21. The highest BCUT2D eigenvalue weighted by Crippen LogP contribution is 2.40. The summed E-state index contributed by atoms with van der Waals surface area (Å²) < 4.78 is 41.3. The molecule has 2 heterocycles. The zero-order valence-corrected chi connectivity index (χ0v) is 17.8. The van der Waals surface area contributed by atoms with Crippen LogP contribution in [0.4, 0.5) is 24.5 Å². The van der Waals surface area contributed by atoms with E-state index in [1.165, 1.54) is 36.7 Å². The predicted molar refractivity (Wildman–Crippen MR) is 123 cm³/mol. The van der Waals surface area contributed by atoms with E-state index in [4.69, 9.17) is 11.6 Å². The Kier molecular flexibility index (Phi) is 5.09. The summed E-state index contributed by atoms with van der Waals surface area (Å²) in [7, 11) is 0. The van der Waals surface area contributed by atoms with E-state index in [0.717, 1.165) is 6.07 Å². The van der Waals surface area contributed by atoms with Crippen LogP contribution in [0.15, 0.2) is 72.0 Å². The molecule has 0 unspecified atom stereocenters. The fourth-order valence-corrected chi connectivity index (χ4v) is 4.11. The van der Waals surface area contributed by atoms with Crippen LogP contribution in [0.3, 0.4) is 0 Å². The van der Waals surface area contributed by atoms with Gasteiger partial charge in [0.05, 0.1) is 39.2 Å². The molecule has 170 valence electrons. The Bertz CT molecular complexity index is 1520. The van der Waals surface area contributed by atoms with E-state index in [2.05, 4.69) is 20.5 Å². The molecule has 1 aliphatic rings. The lowest BCUT2D eigenvalue weighted by atomic mass is 9.97. The van der Waals surface area contributed by atoms with Crippen LogP contribution in [-0.2, 0) is 6.18 Å². The zero-order valence-electron chi connectivity index (χ0n) is 17.0. The highest BCUT2D eigenvalue weighted by atomic mass is 35.5. The third-order valence-corrected chi connectivity index (χ3v) is 5.72. The molecule has 7 nitrogen and oxygen atoms in total. The van der Waals surface area contributed by atoms with Crippen molar-refractivity contribution in [1.82, 2.24) is 10.2 Å². The average molecular weight is 484 g/mol. The summed E-state index contributed by atoms with van der Waals surface area (Å²) in [6, 6.07) is 13.0. The van der Waals surface area contributed by atoms with Crippen LogP contribution in [0.2, 0.25) is 5.02 Å². The largest absolute Gasteiger partial charge is 0.417 e. The molecule has 1 aromatic heterocycles. The van der Waals surface area contributed by atoms with E-state index in [1.807, 2.05) is 0 Å². The number of fused-ring (bicyclic) bond motifs is 3. The normalized spacial score (nSPS) is 13.5. The molecule has 34 heavy (non-hydrogen) atoms. The SMILES string of the molecule is O=[N+]([O-])c1cc2c(c3cn[nH]c13)NC=C(c1ccccc1C(F)(F)F)N=C2c1ccccc1Cl. The number of aromatic amines is 1. The molecule has 4 aromatic rings. The fourth-order valence-electron chi connectivity index (χ4n) is 3.89. The Morgan fingerprint density at radius 3 is 2.41 bits per heavy atom. The lowest BCUT2D eigenvalue weighted by molar-refractivity contribution is -0.383. The molecule has 1 aliphatic heterocycles. The van der Waals surface area contributed by atoms with Crippen molar-refractivity contribution in [3.05, 3.63) is 104 Å². The van der Waals surface area contributed by atoms with E-state index < -0.39 is 16.7 Å². The number of non-ortho nitro benzene ring substituents is 1. The van der Waals surface area contributed by atoms with Crippen molar-refractivity contribution < 1.29 is 18.1 Å². The van der Waals surface area contributed by atoms with E-state index >= 15 is 0 Å². The summed E-state index contributed by atoms with van der Waals surface area (Å²) in [5.74, 6) is 0. The molecular weight excluding hydrogens is 471 g/mol. The van der Waals surface area contributed by atoms with E-state index in [9.17, 15) is 23.3 Å². The molecule has 0 amide bonds. The summed E-state index contributed by atoms with van der Waals surface area (Å²) in [4.78, 5) is 15.8. The maximum Gasteiger partial charge on any atom is 0.417 e. The number of rotatable bonds is 3. The first-order valence-electron chi connectivity index (χ1n) is 9.87. The molecule has 0 atom stereocenters. The zero-order chi connectivity index (χ0) is 24.0. The Labute approximate surface area is 194 Å². The van der Waals surface area contributed by atoms with Gasteiger partial charge in [-0.25, -0.2) is 4.99 Å². The second-order valence-corrected chi connectivity index (χ2v) is 7.80. The minimum atomic E-state index is -4.62. The molecule has 11 heteroatoms. The summed E-state index contributed by atoms with van der Waals surface area (Å²) in [5.41, 5.74) is 0.153. The summed E-state index contributed by atoms with van der Waals surface area (Å²) in [6.45, 7) is 0. The first-order valence-corrected chi connectivity index (χ1v) is 10.2. The van der Waals surface area contributed by atoms with Gasteiger partial charge in [0.25, 0.3) is 5.69 Å². The highest BCUT2D eigenvalue weighted by molar-refractivity contribution is 6.36. The number of nitrogens with zero attached hydrogens (tertiary/aromatic N) is 3. The van der Waals surface area contributed by atoms with Crippen LogP contribution in [-0.4, -0.2) is 20.8 Å². The molecule has 5 rings (SSSR count). The molecule has 0 saturated heterocycles. The summed E-state index contributed by atoms with van der Waals surface area (Å²) >= 11 is 6.42. The highest BCUT2D eigenvalue weighted by Gasteiger charge is 2.34. The van der Waals surface area contributed by atoms with Gasteiger partial charge in [0, 0.05) is 34.0 Å². The maximum atomic E-state index is 13.8. The van der Waals surface area contributed by atoms with Gasteiger partial charge in [-0.05, 0) is 12.1 Å². The third-order valence-electron chi connectivity index (χ3n) is 5.39. The van der Waals surface area contributed by atoms with Gasteiger partial charge in [-0.15, -0.1) is 0 Å². The van der Waals surface area contributed by atoms with Crippen molar-refractivity contribution in [3.63, 3.8) is 0 Å². The van der Waals surface area contributed by atoms with Crippen molar-refractivity contribution in [2.24, 2.45) is 4.99 Å². The minimum Gasteiger partial charge on any atom is -0.359 e. The van der Waals surface area contributed by atoms with Crippen LogP contribution >= 0.6 is 11.6 Å². The lowest BCUT2D eigenvalue weighted by Gasteiger charge is -2.14. The number of benzene rings is 3. The fraction of sp³-hybridized carbons (Fsp3) is 0.0435. The van der Waals surface area contributed by atoms with Gasteiger partial charge < -0.3 is 5.32 Å². The first kappa shape index (κ1) is 21.7. The molecular formula is C23H13ClF3N5O2. The number of aliphatic imine (C=N–C) groups is 1. The van der Waals surface area contributed by atoms with E-state index in [-0.39, 0.29) is 33.2 Å². The number of nitro benzene ring substituents is 1. The van der Waals surface area contributed by atoms with Crippen molar-refractivity contribution in [3.8, 4) is 0 Å². The summed E-state index contributed by atoms with van der Waals surface area (Å²) in [5, 5.41) is 22.0. The third kappa shape index (κ3) is 3.57. The molecule has 0 aliphatic carbocycles. The van der Waals surface area contributed by atoms with E-state index in [1.54, 1.807) is 24.3 Å². The lowest BCUT2D eigenvalue weighted by Crippen LogP contribution is -2.09. The van der Waals surface area contributed by atoms with Gasteiger partial charge in [0.2, 0.25) is 0 Å². The van der Waals surface area contributed by atoms with Crippen LogP contribution in [0.1, 0.15) is 22.3 Å². The number of hydrogen-bond acceptors (Lipinski definition) is 5. The Hall–Kier alpha value is -4.18. The van der Waals surface area contributed by atoms with Gasteiger partial charge in [-0.3, -0.25) is 15.2 Å². The second-order valence-electron chi connectivity index (χ2n) is 7.39. The van der Waals surface area contributed by atoms with Crippen LogP contribution < -0.4 is 5.32 Å². The van der Waals surface area contributed by atoms with Crippen molar-refractivity contribution in [1.29, 1.82) is 0 Å². The van der Waals surface area contributed by atoms with Gasteiger partial charge in [0.1, 0.15) is 5.52 Å². The Morgan fingerprint density at radius 2 is 1.71 bits per heavy atom. The molecule has 0 saturated carbocycles. The monoisotopic (exact) mass is 483 g/mol. The number of halogens is 4. The topological polar surface area (TPSA) is 96.2 Å². The molecule has 0 spiro atoms. The quantitative estimate of drug-likeness (QED) is 0.260. The van der Waals surface area contributed by atoms with Crippen LogP contribution in [0.5, 0.6) is 0 Å². The van der Waals surface area contributed by atoms with Gasteiger partial charge in [0.15, 0.2) is 0 Å². The first-order chi connectivity index (χ1) is 16.3. The smallest absolute Gasteiger partial charge is 0.359 e. The number of nitro groups is 1. The van der Waals surface area contributed by atoms with Crippen LogP contribution in [0.25, 0.3) is 16.6 Å². The second kappa shape index (κ2) is 7.99. The molecule has 3 aromatic carbocycles. The Balaban J connectivity index is 1.84. The number of hydrogen-bond donors (Lipinski definition) is 2. The van der Waals surface area contributed by atoms with Crippen molar-refractivity contribution in [2.45, 2.75) is 6.18 Å². The minimum absolute atomic E-state index is 0.0154. The summed E-state index contributed by atoms with van der Waals surface area (Å²) in [6.07, 6.45) is -1.88. The number of H-pyrrole nitrogens is 1. The molecule has 0 fully saturated rings. The standard InChI is InChI=1S/C23H13ClF3N5O2/c24-17-8-4-2-6-13(17)21-14-9-19(32(33)34)22-15(10-29-31-22)20(14)28-11-18(30-21)12-5-1-3-7-16(12)23(25,26)27/h1-11,28H,(H,29,31). The number of aromatic nitrogens is 2. The Morgan fingerprint density at radius 1 is 1.00 bits per heavy atom. The van der Waals surface area contributed by atoms with Gasteiger partial charge in [-0.2, -0.15) is 18.3 Å². The van der Waals surface area contributed by atoms with Crippen molar-refractivity contribution >= 4 is 45.3 Å². The van der Waals surface area contributed by atoms with Gasteiger partial charge in [-0.1, -0.05) is 48.0 Å².